The molecule has 0 radical (unpaired) electrons. The van der Waals surface area contributed by atoms with Crippen molar-refractivity contribution < 1.29 is 23.8 Å². The van der Waals surface area contributed by atoms with Gasteiger partial charge in [0, 0.05) is 12.0 Å². The normalized spacial score (nSPS) is 25.1. The van der Waals surface area contributed by atoms with Gasteiger partial charge in [0.25, 0.3) is 0 Å². The van der Waals surface area contributed by atoms with Gasteiger partial charge in [-0.2, -0.15) is 0 Å². The summed E-state index contributed by atoms with van der Waals surface area (Å²) >= 11 is 0. The minimum Gasteiger partial charge on any atom is -0.458 e. The molecule has 1 saturated heterocycles. The van der Waals surface area contributed by atoms with Gasteiger partial charge in [0.15, 0.2) is 5.60 Å². The first-order valence-electron chi connectivity index (χ1n) is 4.61. The van der Waals surface area contributed by atoms with Crippen LogP contribution in [0.4, 0.5) is 4.79 Å². The Labute approximate surface area is 88.0 Å². The minimum absolute atomic E-state index is 0.0216. The zero-order valence-electron chi connectivity index (χ0n) is 8.87. The van der Waals surface area contributed by atoms with Crippen LogP contribution in [0.15, 0.2) is 12.2 Å². The highest BCUT2D eigenvalue weighted by atomic mass is 16.7. The quantitative estimate of drug-likeness (QED) is 0.525. The molecule has 0 N–H and O–H groups in total. The van der Waals surface area contributed by atoms with Crippen molar-refractivity contribution in [3.63, 3.8) is 0 Å². The Kier molecular flexibility index (Phi) is 3.34. The fourth-order valence-electron chi connectivity index (χ4n) is 1.07. The molecule has 0 aromatic heterocycles. The first-order valence-corrected chi connectivity index (χ1v) is 4.61. The summed E-state index contributed by atoms with van der Waals surface area (Å²) in [4.78, 5) is 22.0. The Balaban J connectivity index is 2.46. The molecule has 1 rings (SSSR count). The average molecular weight is 214 g/mol. The van der Waals surface area contributed by atoms with Crippen molar-refractivity contribution in [1.82, 2.24) is 0 Å². The maximum atomic E-state index is 11.1. The smallest absolute Gasteiger partial charge is 0.458 e. The summed E-state index contributed by atoms with van der Waals surface area (Å²) in [5, 5.41) is 0. The van der Waals surface area contributed by atoms with Crippen molar-refractivity contribution in [2.45, 2.75) is 25.9 Å². The minimum atomic E-state index is -0.791. The van der Waals surface area contributed by atoms with E-state index in [9.17, 15) is 9.59 Å². The van der Waals surface area contributed by atoms with E-state index in [-0.39, 0.29) is 13.2 Å². The fourth-order valence-corrected chi connectivity index (χ4v) is 1.07. The molecule has 5 nitrogen and oxygen atoms in total. The van der Waals surface area contributed by atoms with Crippen LogP contribution in [0.2, 0.25) is 0 Å². The van der Waals surface area contributed by atoms with Gasteiger partial charge in [0.1, 0.15) is 6.61 Å². The molecule has 0 aliphatic carbocycles. The maximum absolute atomic E-state index is 11.1. The second-order valence-corrected chi connectivity index (χ2v) is 3.76. The van der Waals surface area contributed by atoms with E-state index in [1.54, 1.807) is 13.8 Å². The van der Waals surface area contributed by atoms with Crippen LogP contribution >= 0.6 is 0 Å². The fraction of sp³-hybridized carbons (Fsp3) is 0.600. The van der Waals surface area contributed by atoms with E-state index in [1.165, 1.54) is 0 Å². The summed E-state index contributed by atoms with van der Waals surface area (Å²) in [7, 11) is 0. The molecule has 0 bridgehead atoms. The molecule has 1 heterocycles. The number of carbonyl (C=O) groups excluding carboxylic acids is 2. The summed E-state index contributed by atoms with van der Waals surface area (Å²) in [6, 6.07) is 0. The van der Waals surface area contributed by atoms with Crippen LogP contribution in [0, 0.1) is 0 Å². The standard InChI is InChI=1S/C10H14O5/c1-7(2)8(11)14-6-10(3)4-5-13-9(12)15-10/h1,4-6H2,2-3H3. The molecule has 1 fully saturated rings. The van der Waals surface area contributed by atoms with E-state index in [0.29, 0.717) is 12.0 Å². The lowest BCUT2D eigenvalue weighted by Gasteiger charge is -2.31. The third-order valence-corrected chi connectivity index (χ3v) is 2.04. The molecule has 1 aliphatic rings. The van der Waals surface area contributed by atoms with Gasteiger partial charge in [0.05, 0.1) is 6.61 Å². The number of carbonyl (C=O) groups is 2. The molecule has 1 atom stereocenters. The molecule has 1 unspecified atom stereocenters. The molecule has 84 valence electrons. The van der Waals surface area contributed by atoms with E-state index >= 15 is 0 Å². The van der Waals surface area contributed by atoms with Crippen LogP contribution in [0.5, 0.6) is 0 Å². The molecule has 0 amide bonds. The maximum Gasteiger partial charge on any atom is 0.508 e. The van der Waals surface area contributed by atoms with Gasteiger partial charge in [0.2, 0.25) is 0 Å². The molecule has 5 heteroatoms. The molecule has 0 aromatic rings. The Bertz CT molecular complexity index is 296. The van der Waals surface area contributed by atoms with Gasteiger partial charge >= 0.3 is 12.1 Å². The van der Waals surface area contributed by atoms with Crippen molar-refractivity contribution in [3.8, 4) is 0 Å². The van der Waals surface area contributed by atoms with Gasteiger partial charge < -0.3 is 14.2 Å². The van der Waals surface area contributed by atoms with E-state index in [2.05, 4.69) is 11.3 Å². The highest BCUT2D eigenvalue weighted by Crippen LogP contribution is 2.21. The lowest BCUT2D eigenvalue weighted by Crippen LogP contribution is -2.42. The van der Waals surface area contributed by atoms with E-state index in [1.807, 2.05) is 0 Å². The number of hydrogen-bond donors (Lipinski definition) is 0. The zero-order chi connectivity index (χ0) is 11.5. The Hall–Kier alpha value is -1.52. The number of cyclic esters (lactones) is 2. The Morgan fingerprint density at radius 2 is 2.33 bits per heavy atom. The van der Waals surface area contributed by atoms with E-state index in [4.69, 9.17) is 9.47 Å². The van der Waals surface area contributed by atoms with E-state index < -0.39 is 17.7 Å². The average Bonchev–Trinajstić information content (AvgIpc) is 2.13. The number of rotatable bonds is 3. The van der Waals surface area contributed by atoms with Gasteiger partial charge in [-0.3, -0.25) is 0 Å². The summed E-state index contributed by atoms with van der Waals surface area (Å²) in [5.41, 5.74) is -0.475. The van der Waals surface area contributed by atoms with Crippen LogP contribution < -0.4 is 0 Å². The van der Waals surface area contributed by atoms with Crippen molar-refractivity contribution in [3.05, 3.63) is 12.2 Å². The number of hydrogen-bond acceptors (Lipinski definition) is 5. The van der Waals surface area contributed by atoms with Crippen LogP contribution in [-0.4, -0.2) is 30.9 Å². The molecule has 0 spiro atoms. The summed E-state index contributed by atoms with van der Waals surface area (Å²) < 4.78 is 14.5. The van der Waals surface area contributed by atoms with Gasteiger partial charge in [-0.25, -0.2) is 9.59 Å². The van der Waals surface area contributed by atoms with Crippen LogP contribution in [-0.2, 0) is 19.0 Å². The first kappa shape index (κ1) is 11.6. The molecular formula is C10H14O5. The lowest BCUT2D eigenvalue weighted by molar-refractivity contribution is -0.153. The van der Waals surface area contributed by atoms with Crippen molar-refractivity contribution in [2.75, 3.05) is 13.2 Å². The summed E-state index contributed by atoms with van der Waals surface area (Å²) in [5.74, 6) is -0.487. The molecule has 1 aliphatic heterocycles. The molecule has 0 aromatic carbocycles. The van der Waals surface area contributed by atoms with Gasteiger partial charge in [-0.15, -0.1) is 0 Å². The van der Waals surface area contributed by atoms with Crippen LogP contribution in [0.25, 0.3) is 0 Å². The van der Waals surface area contributed by atoms with Crippen molar-refractivity contribution in [1.29, 1.82) is 0 Å². The van der Waals surface area contributed by atoms with Gasteiger partial charge in [-0.05, 0) is 13.8 Å². The van der Waals surface area contributed by atoms with Crippen LogP contribution in [0.3, 0.4) is 0 Å². The first-order chi connectivity index (χ1) is 6.93. The third kappa shape index (κ3) is 3.27. The van der Waals surface area contributed by atoms with Crippen LogP contribution in [0.1, 0.15) is 20.3 Å². The number of esters is 1. The predicted octanol–water partition coefficient (Wildman–Crippen LogP) is 1.42. The highest BCUT2D eigenvalue weighted by molar-refractivity contribution is 5.86. The topological polar surface area (TPSA) is 61.8 Å². The third-order valence-electron chi connectivity index (χ3n) is 2.04. The summed E-state index contributed by atoms with van der Waals surface area (Å²) in [6.07, 6.45) is -0.225. The summed E-state index contributed by atoms with van der Waals surface area (Å²) in [6.45, 7) is 7.00. The second-order valence-electron chi connectivity index (χ2n) is 3.76. The molecule has 0 saturated carbocycles. The monoisotopic (exact) mass is 214 g/mol. The predicted molar refractivity (Wildman–Crippen MR) is 51.2 cm³/mol. The largest absolute Gasteiger partial charge is 0.508 e. The van der Waals surface area contributed by atoms with Crippen molar-refractivity contribution in [2.24, 2.45) is 0 Å². The SMILES string of the molecule is C=C(C)C(=O)OCC1(C)CCOC(=O)O1. The lowest BCUT2D eigenvalue weighted by atomic mass is 10.0. The number of ether oxygens (including phenoxy) is 3. The molecule has 15 heavy (non-hydrogen) atoms. The van der Waals surface area contributed by atoms with E-state index in [0.717, 1.165) is 0 Å². The Morgan fingerprint density at radius 1 is 1.67 bits per heavy atom. The Morgan fingerprint density at radius 3 is 2.87 bits per heavy atom. The van der Waals surface area contributed by atoms with Gasteiger partial charge in [-0.1, -0.05) is 6.58 Å². The second kappa shape index (κ2) is 4.33. The van der Waals surface area contributed by atoms with Crippen molar-refractivity contribution >= 4 is 12.1 Å². The molecular weight excluding hydrogens is 200 g/mol. The highest BCUT2D eigenvalue weighted by Gasteiger charge is 2.35. The zero-order valence-corrected chi connectivity index (χ0v) is 8.87.